The van der Waals surface area contributed by atoms with E-state index in [2.05, 4.69) is 16.3 Å². The van der Waals surface area contributed by atoms with Crippen molar-refractivity contribution < 1.29 is 9.47 Å². The Morgan fingerprint density at radius 2 is 2.08 bits per heavy atom. The Kier molecular flexibility index (Phi) is 3.77. The lowest BCUT2D eigenvalue weighted by Gasteiger charge is -2.26. The van der Waals surface area contributed by atoms with Crippen LogP contribution in [0.2, 0.25) is 0 Å². The van der Waals surface area contributed by atoms with Gasteiger partial charge in [-0.1, -0.05) is 30.3 Å². The van der Waals surface area contributed by atoms with Crippen LogP contribution in [0, 0.1) is 18.3 Å². The van der Waals surface area contributed by atoms with Gasteiger partial charge in [0.05, 0.1) is 12.5 Å². The van der Waals surface area contributed by atoms with Crippen LogP contribution in [0.25, 0.3) is 10.8 Å². The van der Waals surface area contributed by atoms with Gasteiger partial charge in [0.2, 0.25) is 11.8 Å². The molecule has 1 atom stereocenters. The van der Waals surface area contributed by atoms with Gasteiger partial charge in [-0.2, -0.15) is 5.26 Å². The smallest absolute Gasteiger partial charge is 0.244 e. The van der Waals surface area contributed by atoms with Crippen LogP contribution in [-0.2, 0) is 0 Å². The van der Waals surface area contributed by atoms with Gasteiger partial charge in [0.15, 0.2) is 0 Å². The zero-order valence-corrected chi connectivity index (χ0v) is 14.5. The van der Waals surface area contributed by atoms with Crippen LogP contribution in [0.3, 0.4) is 0 Å². The number of nitrogens with one attached hydrogen (secondary N) is 1. The van der Waals surface area contributed by atoms with Crippen LogP contribution in [-0.4, -0.2) is 16.8 Å². The summed E-state index contributed by atoms with van der Waals surface area (Å²) >= 11 is 0. The highest BCUT2D eigenvalue weighted by Crippen LogP contribution is 2.47. The third-order valence-corrected chi connectivity index (χ3v) is 4.65. The first-order chi connectivity index (χ1) is 12.7. The number of ether oxygens (including phenoxy) is 2. The SMILES string of the molecule is CCOc1ccc2ccccc2c1[C@H]1C(C#N)=C(N)Oc2n[nH]c(C)c21. The molecular weight excluding hydrogens is 328 g/mol. The number of allylic oxidation sites excluding steroid dienone is 1. The van der Waals surface area contributed by atoms with Crippen molar-refractivity contribution in [3.05, 3.63) is 64.7 Å². The Hall–Kier alpha value is -3.46. The van der Waals surface area contributed by atoms with E-state index >= 15 is 0 Å². The van der Waals surface area contributed by atoms with Crippen molar-refractivity contribution in [3.8, 4) is 17.7 Å². The molecular formula is C20H18N4O2. The molecule has 0 radical (unpaired) electrons. The summed E-state index contributed by atoms with van der Waals surface area (Å²) in [6.07, 6.45) is 0. The second-order valence-electron chi connectivity index (χ2n) is 6.12. The van der Waals surface area contributed by atoms with E-state index in [9.17, 15) is 5.26 Å². The third kappa shape index (κ3) is 2.29. The molecule has 0 saturated heterocycles. The van der Waals surface area contributed by atoms with Crippen molar-refractivity contribution in [2.24, 2.45) is 5.73 Å². The second kappa shape index (κ2) is 6.12. The minimum absolute atomic E-state index is 0.0758. The van der Waals surface area contributed by atoms with E-state index in [0.29, 0.717) is 18.1 Å². The maximum Gasteiger partial charge on any atom is 0.244 e. The van der Waals surface area contributed by atoms with E-state index in [1.54, 1.807) is 0 Å². The predicted molar refractivity (Wildman–Crippen MR) is 97.7 cm³/mol. The molecule has 3 N–H and O–H groups in total. The Balaban J connectivity index is 2.09. The fourth-order valence-corrected chi connectivity index (χ4v) is 3.54. The molecule has 2 aromatic carbocycles. The van der Waals surface area contributed by atoms with Crippen LogP contribution < -0.4 is 15.2 Å². The number of fused-ring (bicyclic) bond motifs is 2. The van der Waals surface area contributed by atoms with Crippen molar-refractivity contribution in [1.82, 2.24) is 10.2 Å². The molecule has 2 heterocycles. The first-order valence-electron chi connectivity index (χ1n) is 8.42. The molecule has 1 aliphatic heterocycles. The van der Waals surface area contributed by atoms with Gasteiger partial charge >= 0.3 is 0 Å². The highest BCUT2D eigenvalue weighted by molar-refractivity contribution is 5.90. The van der Waals surface area contributed by atoms with Gasteiger partial charge in [0.25, 0.3) is 0 Å². The fourth-order valence-electron chi connectivity index (χ4n) is 3.54. The van der Waals surface area contributed by atoms with Crippen LogP contribution in [0.4, 0.5) is 0 Å². The monoisotopic (exact) mass is 346 g/mol. The zero-order valence-electron chi connectivity index (χ0n) is 14.5. The molecule has 26 heavy (non-hydrogen) atoms. The molecule has 6 heteroatoms. The number of hydrogen-bond donors (Lipinski definition) is 2. The maximum atomic E-state index is 9.80. The van der Waals surface area contributed by atoms with Gasteiger partial charge in [-0.3, -0.25) is 5.10 Å². The Bertz CT molecular complexity index is 1080. The number of nitrogens with two attached hydrogens (primary N) is 1. The van der Waals surface area contributed by atoms with Gasteiger partial charge < -0.3 is 15.2 Å². The maximum absolute atomic E-state index is 9.80. The lowest BCUT2D eigenvalue weighted by molar-refractivity contribution is 0.334. The molecule has 1 aliphatic rings. The number of H-pyrrole nitrogens is 1. The topological polar surface area (TPSA) is 96.9 Å². The summed E-state index contributed by atoms with van der Waals surface area (Å²) in [7, 11) is 0. The van der Waals surface area contributed by atoms with Gasteiger partial charge in [-0.05, 0) is 30.7 Å². The van der Waals surface area contributed by atoms with Gasteiger partial charge in [0.1, 0.15) is 17.4 Å². The van der Waals surface area contributed by atoms with E-state index in [1.165, 1.54) is 0 Å². The summed E-state index contributed by atoms with van der Waals surface area (Å²) < 4.78 is 11.5. The third-order valence-electron chi connectivity index (χ3n) is 4.65. The van der Waals surface area contributed by atoms with Crippen LogP contribution in [0.5, 0.6) is 11.6 Å². The number of aromatic amines is 1. The van der Waals surface area contributed by atoms with Gasteiger partial charge in [0, 0.05) is 16.8 Å². The summed E-state index contributed by atoms with van der Waals surface area (Å²) in [4.78, 5) is 0. The standard InChI is InChI=1S/C20H18N4O2/c1-3-25-15-9-8-12-6-4-5-7-13(12)17(15)18-14(10-21)19(22)26-20-16(18)11(2)23-24-20/h4-9,18H,3,22H2,1-2H3,(H,23,24)/t18-/m0/s1. The van der Waals surface area contributed by atoms with Crippen molar-refractivity contribution >= 4 is 10.8 Å². The lowest BCUT2D eigenvalue weighted by Crippen LogP contribution is -2.21. The molecule has 0 aliphatic carbocycles. The summed E-state index contributed by atoms with van der Waals surface area (Å²) in [5.74, 6) is 0.798. The summed E-state index contributed by atoms with van der Waals surface area (Å²) in [5.41, 5.74) is 8.96. The Morgan fingerprint density at radius 3 is 2.85 bits per heavy atom. The number of aryl methyl sites for hydroxylation is 1. The highest BCUT2D eigenvalue weighted by atomic mass is 16.5. The zero-order chi connectivity index (χ0) is 18.3. The minimum atomic E-state index is -0.407. The van der Waals surface area contributed by atoms with E-state index in [0.717, 1.165) is 33.3 Å². The number of hydrogen-bond acceptors (Lipinski definition) is 5. The average molecular weight is 346 g/mol. The number of nitrogens with zero attached hydrogens (tertiary/aromatic N) is 2. The van der Waals surface area contributed by atoms with Crippen molar-refractivity contribution in [3.63, 3.8) is 0 Å². The lowest BCUT2D eigenvalue weighted by atomic mass is 9.81. The number of rotatable bonds is 3. The van der Waals surface area contributed by atoms with Gasteiger partial charge in [-0.25, -0.2) is 0 Å². The molecule has 0 saturated carbocycles. The van der Waals surface area contributed by atoms with E-state index in [4.69, 9.17) is 15.2 Å². The summed E-state index contributed by atoms with van der Waals surface area (Å²) in [5, 5.41) is 19.0. The summed E-state index contributed by atoms with van der Waals surface area (Å²) in [6, 6.07) is 14.2. The van der Waals surface area contributed by atoms with E-state index in [1.807, 2.05) is 50.2 Å². The molecule has 4 rings (SSSR count). The molecule has 0 unspecified atom stereocenters. The van der Waals surface area contributed by atoms with Crippen LogP contribution in [0.15, 0.2) is 47.9 Å². The molecule has 1 aromatic heterocycles. The van der Waals surface area contributed by atoms with Crippen LogP contribution in [0.1, 0.15) is 29.7 Å². The normalized spacial score (nSPS) is 16.1. The first kappa shape index (κ1) is 16.0. The molecule has 0 fully saturated rings. The van der Waals surface area contributed by atoms with Crippen LogP contribution >= 0.6 is 0 Å². The molecule has 3 aromatic rings. The van der Waals surface area contributed by atoms with Crippen molar-refractivity contribution in [1.29, 1.82) is 5.26 Å². The van der Waals surface area contributed by atoms with E-state index in [-0.39, 0.29) is 5.88 Å². The minimum Gasteiger partial charge on any atom is -0.494 e. The van der Waals surface area contributed by atoms with Crippen molar-refractivity contribution in [2.75, 3.05) is 6.61 Å². The largest absolute Gasteiger partial charge is 0.494 e. The van der Waals surface area contributed by atoms with E-state index < -0.39 is 5.92 Å². The average Bonchev–Trinajstić information content (AvgIpc) is 3.01. The van der Waals surface area contributed by atoms with Gasteiger partial charge in [-0.15, -0.1) is 5.10 Å². The number of aromatic nitrogens is 2. The predicted octanol–water partition coefficient (Wildman–Crippen LogP) is 3.49. The summed E-state index contributed by atoms with van der Waals surface area (Å²) in [6.45, 7) is 4.37. The second-order valence-corrected chi connectivity index (χ2v) is 6.12. The molecule has 6 nitrogen and oxygen atoms in total. The molecule has 130 valence electrons. The first-order valence-corrected chi connectivity index (χ1v) is 8.42. The van der Waals surface area contributed by atoms with Crippen molar-refractivity contribution in [2.45, 2.75) is 19.8 Å². The highest BCUT2D eigenvalue weighted by Gasteiger charge is 2.36. The quantitative estimate of drug-likeness (QED) is 0.756. The number of benzene rings is 2. The Morgan fingerprint density at radius 1 is 1.27 bits per heavy atom. The number of nitriles is 1. The molecule has 0 bridgehead atoms. The Labute approximate surface area is 150 Å². The fraction of sp³-hybridized carbons (Fsp3) is 0.200. The molecule has 0 spiro atoms. The molecule has 0 amide bonds.